The molecule has 7 heteroatoms. The molecule has 2 heterocycles. The largest absolute Gasteiger partial charge is 0.458 e. The average Bonchev–Trinajstić information content (AvgIpc) is 3.00. The Balaban J connectivity index is 1.78. The number of rotatable bonds is 4. The van der Waals surface area contributed by atoms with Gasteiger partial charge in [0, 0.05) is 12.0 Å². The highest BCUT2D eigenvalue weighted by Gasteiger charge is 2.78. The molecule has 5 rings (SSSR count). The molecule has 39 heavy (non-hydrogen) atoms. The molecule has 2 bridgehead atoms. The molecule has 0 unspecified atom stereocenters. The zero-order valence-corrected chi connectivity index (χ0v) is 28.9. The van der Waals surface area contributed by atoms with E-state index in [9.17, 15) is 4.79 Å². The van der Waals surface area contributed by atoms with Crippen LogP contribution in [0, 0.1) is 22.7 Å². The summed E-state index contributed by atoms with van der Waals surface area (Å²) in [5.74, 6) is 0.260. The monoisotopic (exact) mass is 574 g/mol. The topological polar surface area (TPSA) is 54.0 Å². The fraction of sp³-hybridized carbons (Fsp3) is 0.844. The molecule has 2 aliphatic heterocycles. The molecule has 3 aliphatic carbocycles. The first-order valence-corrected chi connectivity index (χ1v) is 21.0. The number of fused-ring (bicyclic) bond motifs is 2. The lowest BCUT2D eigenvalue weighted by atomic mass is 9.40. The molecule has 3 fully saturated rings. The van der Waals surface area contributed by atoms with E-state index < -0.39 is 22.2 Å². The molecule has 0 aromatic rings. The van der Waals surface area contributed by atoms with E-state index in [2.05, 4.69) is 94.6 Å². The van der Waals surface area contributed by atoms with Crippen LogP contribution in [0.4, 0.5) is 0 Å². The average molecular weight is 575 g/mol. The van der Waals surface area contributed by atoms with Gasteiger partial charge in [-0.15, -0.1) is 0 Å². The van der Waals surface area contributed by atoms with Crippen molar-refractivity contribution in [3.05, 3.63) is 23.3 Å². The van der Waals surface area contributed by atoms with Crippen molar-refractivity contribution in [2.45, 2.75) is 142 Å². The van der Waals surface area contributed by atoms with Crippen LogP contribution in [0.15, 0.2) is 23.3 Å². The van der Waals surface area contributed by atoms with E-state index >= 15 is 0 Å². The molecule has 2 saturated carbocycles. The molecule has 0 aromatic heterocycles. The van der Waals surface area contributed by atoms with Crippen molar-refractivity contribution in [2.24, 2.45) is 22.7 Å². The van der Waals surface area contributed by atoms with Gasteiger partial charge >= 0.3 is 5.97 Å². The van der Waals surface area contributed by atoms with Gasteiger partial charge in [-0.1, -0.05) is 60.1 Å². The summed E-state index contributed by atoms with van der Waals surface area (Å²) in [6, 6.07) is 0. The highest BCUT2D eigenvalue weighted by Crippen LogP contribution is 2.72. The summed E-state index contributed by atoms with van der Waals surface area (Å²) >= 11 is 0. The summed E-state index contributed by atoms with van der Waals surface area (Å²) in [6.45, 7) is 30.8. The third kappa shape index (κ3) is 4.03. The van der Waals surface area contributed by atoms with Crippen molar-refractivity contribution in [3.63, 3.8) is 0 Å². The molecule has 220 valence electrons. The maximum absolute atomic E-state index is 13.2. The van der Waals surface area contributed by atoms with E-state index in [4.69, 9.17) is 18.3 Å². The first-order chi connectivity index (χ1) is 17.6. The van der Waals surface area contributed by atoms with Crippen LogP contribution in [0.25, 0.3) is 0 Å². The standard InChI is InChI=1S/C32H54O5Si2/c1-20-15-14-16-30(8)21(20)17-23-32-19-34-31(9,22(32)18-24(33)35-23)27(37-39(12,13)29(5,6)7)25(26(30)32)36-38(10,11)28(2,3)4/h15,18,21,23,25-27H,14,16-17,19H2,1-13H3/t21-,23+,25+,26+,27-,30-,31-,32+/m0/s1. The lowest BCUT2D eigenvalue weighted by Gasteiger charge is -2.67. The second kappa shape index (κ2) is 8.65. The molecular formula is C32H54O5Si2. The molecule has 0 radical (unpaired) electrons. The Kier molecular flexibility index (Phi) is 6.60. The molecule has 5 aliphatic rings. The minimum absolute atomic E-state index is 0.00469. The number of allylic oxidation sites excluding steroid dienone is 2. The molecule has 1 saturated heterocycles. The SMILES string of the molecule is CC1=CCC[C@]2(C)[C@H]3[C@@H](O[Si](C)(C)C(C)(C)C)[C@H](O[Si](C)(C)C(C)(C)C)[C@@]4(C)OC[C@]35C4=CC(=O)O[C@@H]5C[C@@H]12. The van der Waals surface area contributed by atoms with Crippen LogP contribution in [0.5, 0.6) is 0 Å². The minimum Gasteiger partial charge on any atom is -0.458 e. The first-order valence-electron chi connectivity index (χ1n) is 15.2. The van der Waals surface area contributed by atoms with E-state index in [1.165, 1.54) is 5.57 Å². The van der Waals surface area contributed by atoms with Gasteiger partial charge < -0.3 is 18.3 Å². The molecule has 0 N–H and O–H groups in total. The number of esters is 1. The maximum atomic E-state index is 13.2. The second-order valence-corrected chi connectivity index (χ2v) is 26.3. The van der Waals surface area contributed by atoms with Crippen LogP contribution < -0.4 is 0 Å². The predicted octanol–water partition coefficient (Wildman–Crippen LogP) is 7.79. The van der Waals surface area contributed by atoms with E-state index in [0.29, 0.717) is 12.5 Å². The van der Waals surface area contributed by atoms with Crippen LogP contribution in [-0.4, -0.2) is 53.1 Å². The van der Waals surface area contributed by atoms with Crippen LogP contribution in [0.3, 0.4) is 0 Å². The van der Waals surface area contributed by atoms with Gasteiger partial charge in [0.15, 0.2) is 16.6 Å². The quantitative estimate of drug-likeness (QED) is 0.195. The fourth-order valence-corrected chi connectivity index (χ4v) is 11.0. The van der Waals surface area contributed by atoms with Gasteiger partial charge in [0.25, 0.3) is 0 Å². The fourth-order valence-electron chi connectivity index (χ4n) is 8.33. The van der Waals surface area contributed by atoms with Crippen molar-refractivity contribution < 1.29 is 23.1 Å². The normalized spacial score (nSPS) is 42.3. The Morgan fingerprint density at radius 1 is 0.974 bits per heavy atom. The molecule has 8 atom stereocenters. The molecule has 5 nitrogen and oxygen atoms in total. The summed E-state index contributed by atoms with van der Waals surface area (Å²) < 4.78 is 28.3. The smallest absolute Gasteiger partial charge is 0.331 e. The highest BCUT2D eigenvalue weighted by molar-refractivity contribution is 6.74. The summed E-state index contributed by atoms with van der Waals surface area (Å²) in [7, 11) is -4.46. The minimum atomic E-state index is -2.24. The van der Waals surface area contributed by atoms with Gasteiger partial charge in [-0.25, -0.2) is 4.79 Å². The van der Waals surface area contributed by atoms with E-state index in [1.807, 2.05) is 0 Å². The van der Waals surface area contributed by atoms with E-state index in [-0.39, 0.29) is 51.1 Å². The summed E-state index contributed by atoms with van der Waals surface area (Å²) in [5, 5.41) is 0.0858. The Hall–Kier alpha value is -0.736. The van der Waals surface area contributed by atoms with Gasteiger partial charge in [0.05, 0.1) is 18.1 Å². The maximum Gasteiger partial charge on any atom is 0.331 e. The van der Waals surface area contributed by atoms with Crippen LogP contribution in [0.1, 0.15) is 81.6 Å². The van der Waals surface area contributed by atoms with E-state index in [0.717, 1.165) is 24.8 Å². The van der Waals surface area contributed by atoms with Gasteiger partial charge in [-0.3, -0.25) is 0 Å². The van der Waals surface area contributed by atoms with Gasteiger partial charge in [0.2, 0.25) is 0 Å². The van der Waals surface area contributed by atoms with Gasteiger partial charge in [-0.05, 0) is 86.3 Å². The van der Waals surface area contributed by atoms with Crippen LogP contribution >= 0.6 is 0 Å². The molecule has 0 amide bonds. The first kappa shape index (κ1) is 29.7. The summed E-state index contributed by atoms with van der Waals surface area (Å²) in [5.41, 5.74) is 1.46. The summed E-state index contributed by atoms with van der Waals surface area (Å²) in [6.07, 6.45) is 6.63. The zero-order chi connectivity index (χ0) is 29.2. The zero-order valence-electron chi connectivity index (χ0n) is 26.9. The van der Waals surface area contributed by atoms with E-state index in [1.54, 1.807) is 6.08 Å². The van der Waals surface area contributed by atoms with Crippen molar-refractivity contribution in [1.29, 1.82) is 0 Å². The lowest BCUT2D eigenvalue weighted by molar-refractivity contribution is -0.208. The van der Waals surface area contributed by atoms with Crippen molar-refractivity contribution in [3.8, 4) is 0 Å². The Labute approximate surface area is 239 Å². The van der Waals surface area contributed by atoms with Gasteiger partial charge in [0.1, 0.15) is 17.8 Å². The molecule has 1 spiro atoms. The van der Waals surface area contributed by atoms with Gasteiger partial charge in [-0.2, -0.15) is 0 Å². The number of ether oxygens (including phenoxy) is 2. The molecule has 0 aromatic carbocycles. The van der Waals surface area contributed by atoms with Crippen LogP contribution in [0.2, 0.25) is 36.3 Å². The van der Waals surface area contributed by atoms with Crippen molar-refractivity contribution in [1.82, 2.24) is 0 Å². The van der Waals surface area contributed by atoms with Crippen molar-refractivity contribution >= 4 is 22.6 Å². The summed E-state index contributed by atoms with van der Waals surface area (Å²) in [4.78, 5) is 13.2. The predicted molar refractivity (Wildman–Crippen MR) is 162 cm³/mol. The Morgan fingerprint density at radius 3 is 2.15 bits per heavy atom. The highest BCUT2D eigenvalue weighted by atomic mass is 28.4. The number of carbonyl (C=O) groups excluding carboxylic acids is 1. The second-order valence-electron chi connectivity index (χ2n) is 16.8. The van der Waals surface area contributed by atoms with Crippen LogP contribution in [-0.2, 0) is 23.1 Å². The lowest BCUT2D eigenvalue weighted by Crippen LogP contribution is -2.73. The number of hydrogen-bond acceptors (Lipinski definition) is 5. The Bertz CT molecular complexity index is 1110. The Morgan fingerprint density at radius 2 is 1.56 bits per heavy atom. The number of carbonyl (C=O) groups is 1. The molecular weight excluding hydrogens is 521 g/mol. The number of hydrogen-bond donors (Lipinski definition) is 0. The van der Waals surface area contributed by atoms with Crippen molar-refractivity contribution in [2.75, 3.05) is 6.61 Å². The third-order valence-corrected chi connectivity index (χ3v) is 21.5. The third-order valence-electron chi connectivity index (χ3n) is 12.6.